The number of halogens is 2. The molecule has 4 aromatic rings. The third kappa shape index (κ3) is 6.72. The first kappa shape index (κ1) is 30.8. The van der Waals surface area contributed by atoms with Crippen molar-refractivity contribution in [3.63, 3.8) is 0 Å². The van der Waals surface area contributed by atoms with Gasteiger partial charge >= 0.3 is 29.6 Å². The average molecular weight is 596 g/mol. The number of nitrogens with one attached hydrogen (secondary N) is 1. The van der Waals surface area contributed by atoms with Crippen LogP contribution in [0.3, 0.4) is 0 Å². The fraction of sp³-hybridized carbons (Fsp3) is 0.115. The molecule has 196 valence electrons. The van der Waals surface area contributed by atoms with Crippen LogP contribution in [0.5, 0.6) is 11.5 Å². The van der Waals surface area contributed by atoms with E-state index in [0.717, 1.165) is 6.07 Å². The molecule has 0 bridgehead atoms. The van der Waals surface area contributed by atoms with Crippen LogP contribution < -0.4 is 44.7 Å². The molecular formula is C26H20Cl2N3NaO6S. The molecule has 13 heteroatoms. The monoisotopic (exact) mass is 595 g/mol. The fourth-order valence-electron chi connectivity index (χ4n) is 3.87. The molecule has 0 aliphatic carbocycles. The second kappa shape index (κ2) is 12.6. The summed E-state index contributed by atoms with van der Waals surface area (Å²) in [5.74, 6) is -0.977. The molecule has 0 fully saturated rings. The van der Waals surface area contributed by atoms with Crippen molar-refractivity contribution in [3.8, 4) is 11.5 Å². The number of benzene rings is 4. The van der Waals surface area contributed by atoms with E-state index in [1.165, 1.54) is 25.3 Å². The Bertz CT molecular complexity index is 1710. The van der Waals surface area contributed by atoms with Crippen molar-refractivity contribution in [2.24, 2.45) is 10.2 Å². The van der Waals surface area contributed by atoms with E-state index in [-0.39, 0.29) is 74.2 Å². The number of methoxy groups -OCH3 is 1. The first-order chi connectivity index (χ1) is 18.0. The molecule has 4 rings (SSSR count). The van der Waals surface area contributed by atoms with Gasteiger partial charge in [-0.15, -0.1) is 0 Å². The van der Waals surface area contributed by atoms with Gasteiger partial charge < -0.3 is 15.2 Å². The Kier molecular flexibility index (Phi) is 10.0. The smallest absolute Gasteiger partial charge is 0.870 e. The van der Waals surface area contributed by atoms with Gasteiger partial charge in [0.1, 0.15) is 10.6 Å². The molecule has 0 aromatic heterocycles. The number of hydrogen-bond acceptors (Lipinski definition) is 7. The van der Waals surface area contributed by atoms with Crippen LogP contribution in [0.2, 0.25) is 10.0 Å². The van der Waals surface area contributed by atoms with Gasteiger partial charge in [0.05, 0.1) is 29.2 Å². The Morgan fingerprint density at radius 2 is 1.79 bits per heavy atom. The normalized spacial score (nSPS) is 11.4. The minimum absolute atomic E-state index is 0. The molecule has 0 atom stereocenters. The Labute approximate surface area is 256 Å². The van der Waals surface area contributed by atoms with Gasteiger partial charge in [-0.1, -0.05) is 60.1 Å². The van der Waals surface area contributed by atoms with Gasteiger partial charge in [0.2, 0.25) is 0 Å². The maximum Gasteiger partial charge on any atom is 1.00 e. The molecule has 0 radical (unpaired) electrons. The predicted octanol–water partition coefficient (Wildman–Crippen LogP) is 3.71. The van der Waals surface area contributed by atoms with Crippen molar-refractivity contribution in [1.29, 1.82) is 0 Å². The van der Waals surface area contributed by atoms with Gasteiger partial charge in [-0.05, 0) is 42.1 Å². The molecule has 1 amide bonds. The zero-order valence-corrected chi connectivity index (χ0v) is 25.4. The van der Waals surface area contributed by atoms with E-state index >= 15 is 0 Å². The van der Waals surface area contributed by atoms with Crippen LogP contribution in [0, 0.1) is 0 Å². The van der Waals surface area contributed by atoms with Crippen LogP contribution in [0.1, 0.15) is 22.8 Å². The molecule has 0 heterocycles. The third-order valence-electron chi connectivity index (χ3n) is 5.68. The van der Waals surface area contributed by atoms with E-state index in [9.17, 15) is 22.9 Å². The summed E-state index contributed by atoms with van der Waals surface area (Å²) >= 11 is 12.3. The Morgan fingerprint density at radius 1 is 1.08 bits per heavy atom. The largest absolute Gasteiger partial charge is 1.00 e. The Hall–Kier alpha value is -2.70. The summed E-state index contributed by atoms with van der Waals surface area (Å²) in [6.07, 6.45) is 0.176. The number of carbonyl (C=O) groups excluding carboxylic acids is 1. The number of amides is 1. The zero-order chi connectivity index (χ0) is 27.6. The van der Waals surface area contributed by atoms with Crippen LogP contribution in [-0.4, -0.2) is 26.0 Å². The summed E-state index contributed by atoms with van der Waals surface area (Å²) in [5, 5.41) is 25.5. The molecule has 0 aliphatic heterocycles. The Balaban J connectivity index is 0.00000420. The second-order valence-corrected chi connectivity index (χ2v) is 10.3. The molecule has 39 heavy (non-hydrogen) atoms. The summed E-state index contributed by atoms with van der Waals surface area (Å²) in [6, 6.07) is 15.4. The van der Waals surface area contributed by atoms with Crippen LogP contribution in [0.4, 0.5) is 17.1 Å². The van der Waals surface area contributed by atoms with E-state index in [1.54, 1.807) is 43.3 Å². The second-order valence-electron chi connectivity index (χ2n) is 8.05. The summed E-state index contributed by atoms with van der Waals surface area (Å²) in [6.45, 7) is 1.67. The van der Waals surface area contributed by atoms with Crippen LogP contribution in [0.25, 0.3) is 10.8 Å². The van der Waals surface area contributed by atoms with Crippen LogP contribution >= 0.6 is 23.2 Å². The van der Waals surface area contributed by atoms with E-state index in [0.29, 0.717) is 16.5 Å². The van der Waals surface area contributed by atoms with Crippen molar-refractivity contribution < 1.29 is 57.2 Å². The van der Waals surface area contributed by atoms with Crippen molar-refractivity contribution >= 4 is 67.1 Å². The number of nitrogens with zero attached hydrogens (tertiary/aromatic N) is 2. The van der Waals surface area contributed by atoms with E-state index in [1.807, 2.05) is 0 Å². The molecule has 0 aliphatic rings. The molecule has 9 nitrogen and oxygen atoms in total. The fourth-order valence-corrected chi connectivity index (χ4v) is 5.15. The quantitative estimate of drug-likeness (QED) is 0.189. The number of azo groups is 1. The van der Waals surface area contributed by atoms with E-state index < -0.39 is 26.7 Å². The first-order valence-electron chi connectivity index (χ1n) is 11.1. The minimum atomic E-state index is -4.59. The molecule has 2 N–H and O–H groups in total. The molecular weight excluding hydrogens is 576 g/mol. The molecule has 0 saturated heterocycles. The number of carbonyl (C=O) groups is 1. The molecule has 4 aromatic carbocycles. The Morgan fingerprint density at radius 3 is 2.46 bits per heavy atom. The van der Waals surface area contributed by atoms with Gasteiger partial charge in [-0.25, -0.2) is 0 Å². The van der Waals surface area contributed by atoms with Crippen LogP contribution in [0.15, 0.2) is 75.8 Å². The maximum atomic E-state index is 13.5. The number of ether oxygens (including phenoxy) is 1. The molecule has 0 saturated carbocycles. The summed E-state index contributed by atoms with van der Waals surface area (Å²) in [7, 11) is -3.13. The summed E-state index contributed by atoms with van der Waals surface area (Å²) in [4.78, 5) is 12.8. The van der Waals surface area contributed by atoms with Gasteiger partial charge in [-0.3, -0.25) is 9.35 Å². The third-order valence-corrected chi connectivity index (χ3v) is 7.15. The van der Waals surface area contributed by atoms with E-state index in [4.69, 9.17) is 27.9 Å². The van der Waals surface area contributed by atoms with Crippen molar-refractivity contribution in [2.45, 2.75) is 18.2 Å². The standard InChI is InChI=1S/C26H21Cl2N3O6S.Na/c1-3-17-21(11-15(27)12-23(17)38(34,35)36)30-31-24-18-7-5-4-6-14(18)10-19(25(24)32)26(33)29-22-13-16(37-2)8-9-20(22)28;/h4-13,32H,3H2,1-2H3,(H,29,33)(H,34,35,36);/q;+1/p-1. The SMILES string of the molecule is CCc1c(N=Nc2c([O-])c(C(=O)Nc3cc(OC)ccc3Cl)cc3ccccc23)cc(Cl)cc1S(=O)(=O)O.[Na+]. The first-order valence-corrected chi connectivity index (χ1v) is 13.3. The number of fused-ring (bicyclic) bond motifs is 1. The predicted molar refractivity (Wildman–Crippen MR) is 144 cm³/mol. The average Bonchev–Trinajstić information content (AvgIpc) is 2.88. The maximum absolute atomic E-state index is 13.5. The van der Waals surface area contributed by atoms with Gasteiger partial charge in [0.15, 0.2) is 0 Å². The number of anilines is 1. The van der Waals surface area contributed by atoms with Crippen molar-refractivity contribution in [1.82, 2.24) is 0 Å². The number of rotatable bonds is 7. The van der Waals surface area contributed by atoms with Crippen molar-refractivity contribution in [2.75, 3.05) is 12.4 Å². The van der Waals surface area contributed by atoms with Crippen molar-refractivity contribution in [3.05, 3.63) is 81.8 Å². The van der Waals surface area contributed by atoms with Crippen LogP contribution in [-0.2, 0) is 16.5 Å². The zero-order valence-electron chi connectivity index (χ0n) is 21.0. The summed E-state index contributed by atoms with van der Waals surface area (Å²) in [5.41, 5.74) is 0.112. The number of hydrogen-bond donors (Lipinski definition) is 2. The molecule has 0 spiro atoms. The van der Waals surface area contributed by atoms with Gasteiger partial charge in [0.25, 0.3) is 16.0 Å². The summed E-state index contributed by atoms with van der Waals surface area (Å²) < 4.78 is 38.5. The van der Waals surface area contributed by atoms with E-state index in [2.05, 4.69) is 15.5 Å². The van der Waals surface area contributed by atoms with Gasteiger partial charge in [0, 0.05) is 27.6 Å². The minimum Gasteiger partial charge on any atom is -0.870 e. The topological polar surface area (TPSA) is 140 Å². The van der Waals surface area contributed by atoms with Gasteiger partial charge in [-0.2, -0.15) is 18.6 Å². The molecule has 0 unspecified atom stereocenters.